The average Bonchev–Trinajstić information content (AvgIpc) is 2.48. The minimum atomic E-state index is -0.174. The largest absolute Gasteiger partial charge is 0.344 e. The molecule has 1 aromatic carbocycles. The van der Waals surface area contributed by atoms with Gasteiger partial charge in [0.15, 0.2) is 0 Å². The summed E-state index contributed by atoms with van der Waals surface area (Å²) >= 11 is 0. The zero-order valence-corrected chi connectivity index (χ0v) is 11.2. The molecule has 0 saturated carbocycles. The van der Waals surface area contributed by atoms with E-state index in [1.54, 1.807) is 0 Å². The Morgan fingerprint density at radius 3 is 2.90 bits per heavy atom. The third kappa shape index (κ3) is 2.57. The third-order valence-corrected chi connectivity index (χ3v) is 3.84. The number of carbonyl (C=O) groups is 2. The van der Waals surface area contributed by atoms with Crippen LogP contribution in [0.1, 0.15) is 42.9 Å². The topological polar surface area (TPSA) is 70.6 Å². The van der Waals surface area contributed by atoms with Gasteiger partial charge in [-0.1, -0.05) is 24.3 Å². The summed E-state index contributed by atoms with van der Waals surface area (Å²) in [6.45, 7) is 0. The molecule has 1 aliphatic heterocycles. The van der Waals surface area contributed by atoms with Crippen molar-refractivity contribution in [1.82, 2.24) is 10.7 Å². The Morgan fingerprint density at radius 1 is 1.25 bits per heavy atom. The Kier molecular flexibility index (Phi) is 3.50. The normalized spacial score (nSPS) is 21.5. The standard InChI is InChI=1S/C15H17N3O2/c19-14-9-8-13(17-18-14)15(20)16-12-7-3-5-10-4-1-2-6-11(10)12/h1-2,4,6,12H,3,5,7-9H2,(H,16,20)(H,18,19)/t12-/m1/s1. The van der Waals surface area contributed by atoms with Gasteiger partial charge in [0.1, 0.15) is 5.71 Å². The lowest BCUT2D eigenvalue weighted by atomic mass is 9.87. The van der Waals surface area contributed by atoms with E-state index < -0.39 is 0 Å². The first kappa shape index (κ1) is 12.8. The first-order valence-corrected chi connectivity index (χ1v) is 6.98. The number of rotatable bonds is 2. The summed E-state index contributed by atoms with van der Waals surface area (Å²) in [6, 6.07) is 8.27. The molecule has 0 fully saturated rings. The van der Waals surface area contributed by atoms with Crippen LogP contribution in [-0.4, -0.2) is 17.5 Å². The molecule has 2 amide bonds. The number of benzene rings is 1. The van der Waals surface area contributed by atoms with Gasteiger partial charge in [-0.25, -0.2) is 5.43 Å². The molecule has 5 nitrogen and oxygen atoms in total. The molecule has 104 valence electrons. The Hall–Kier alpha value is -2.17. The van der Waals surface area contributed by atoms with Crippen LogP contribution in [0.15, 0.2) is 29.4 Å². The number of carbonyl (C=O) groups excluding carboxylic acids is 2. The quantitative estimate of drug-likeness (QED) is 0.854. The molecule has 3 rings (SSSR count). The summed E-state index contributed by atoms with van der Waals surface area (Å²) in [4.78, 5) is 23.2. The summed E-state index contributed by atoms with van der Waals surface area (Å²) in [5.41, 5.74) is 5.28. The van der Waals surface area contributed by atoms with Crippen molar-refractivity contribution in [2.75, 3.05) is 0 Å². The Bertz CT molecular complexity index is 580. The highest BCUT2D eigenvalue weighted by molar-refractivity contribution is 6.39. The number of fused-ring (bicyclic) bond motifs is 1. The summed E-state index contributed by atoms with van der Waals surface area (Å²) < 4.78 is 0. The van der Waals surface area contributed by atoms with Crippen LogP contribution in [0.5, 0.6) is 0 Å². The molecule has 5 heteroatoms. The van der Waals surface area contributed by atoms with E-state index in [0.717, 1.165) is 19.3 Å². The Balaban J connectivity index is 1.73. The molecule has 1 atom stereocenters. The summed E-state index contributed by atoms with van der Waals surface area (Å²) in [6.07, 6.45) is 3.83. The second kappa shape index (κ2) is 5.45. The van der Waals surface area contributed by atoms with Crippen molar-refractivity contribution in [1.29, 1.82) is 0 Å². The van der Waals surface area contributed by atoms with Crippen LogP contribution in [0.4, 0.5) is 0 Å². The lowest BCUT2D eigenvalue weighted by molar-refractivity contribution is -0.121. The molecule has 1 aromatic rings. The molecule has 20 heavy (non-hydrogen) atoms. The zero-order valence-electron chi connectivity index (χ0n) is 11.2. The fourth-order valence-corrected chi connectivity index (χ4v) is 2.78. The Morgan fingerprint density at radius 2 is 2.10 bits per heavy atom. The number of hydrazone groups is 1. The van der Waals surface area contributed by atoms with Gasteiger partial charge in [-0.05, 0) is 30.4 Å². The van der Waals surface area contributed by atoms with Crippen LogP contribution in [0.3, 0.4) is 0 Å². The first-order chi connectivity index (χ1) is 9.74. The molecule has 1 heterocycles. The van der Waals surface area contributed by atoms with Crippen molar-refractivity contribution >= 4 is 17.5 Å². The van der Waals surface area contributed by atoms with Gasteiger partial charge in [-0.15, -0.1) is 0 Å². The zero-order chi connectivity index (χ0) is 13.9. The first-order valence-electron chi connectivity index (χ1n) is 6.98. The van der Waals surface area contributed by atoms with E-state index in [4.69, 9.17) is 0 Å². The minimum Gasteiger partial charge on any atom is -0.344 e. The van der Waals surface area contributed by atoms with E-state index >= 15 is 0 Å². The lowest BCUT2D eigenvalue weighted by Crippen LogP contribution is -2.39. The van der Waals surface area contributed by atoms with Crippen LogP contribution in [0, 0.1) is 0 Å². The highest BCUT2D eigenvalue weighted by Crippen LogP contribution is 2.29. The molecule has 1 aliphatic carbocycles. The van der Waals surface area contributed by atoms with Crippen LogP contribution in [0.2, 0.25) is 0 Å². The van der Waals surface area contributed by atoms with Gasteiger partial charge in [-0.2, -0.15) is 5.10 Å². The molecule has 0 aromatic heterocycles. The summed E-state index contributed by atoms with van der Waals surface area (Å²) in [5, 5.41) is 6.88. The molecule has 0 saturated heterocycles. The number of hydrogen-bond donors (Lipinski definition) is 2. The van der Waals surface area contributed by atoms with Crippen molar-refractivity contribution < 1.29 is 9.59 Å². The van der Waals surface area contributed by atoms with Gasteiger partial charge < -0.3 is 5.32 Å². The molecule has 0 bridgehead atoms. The second-order valence-corrected chi connectivity index (χ2v) is 5.21. The maximum atomic E-state index is 12.2. The molecule has 0 spiro atoms. The smallest absolute Gasteiger partial charge is 0.267 e. The van der Waals surface area contributed by atoms with E-state index in [1.165, 1.54) is 11.1 Å². The van der Waals surface area contributed by atoms with Gasteiger partial charge in [0.2, 0.25) is 5.91 Å². The van der Waals surface area contributed by atoms with Crippen LogP contribution >= 0.6 is 0 Å². The maximum Gasteiger partial charge on any atom is 0.267 e. The van der Waals surface area contributed by atoms with Crippen molar-refractivity contribution in [2.24, 2.45) is 5.10 Å². The predicted molar refractivity (Wildman–Crippen MR) is 75.1 cm³/mol. The fraction of sp³-hybridized carbons (Fsp3) is 0.400. The number of nitrogens with one attached hydrogen (secondary N) is 2. The van der Waals surface area contributed by atoms with Crippen LogP contribution < -0.4 is 10.7 Å². The lowest BCUT2D eigenvalue weighted by Gasteiger charge is -2.26. The second-order valence-electron chi connectivity index (χ2n) is 5.21. The molecule has 0 unspecified atom stereocenters. The van der Waals surface area contributed by atoms with E-state index in [0.29, 0.717) is 18.6 Å². The van der Waals surface area contributed by atoms with Gasteiger partial charge >= 0.3 is 0 Å². The maximum absolute atomic E-state index is 12.2. The monoisotopic (exact) mass is 271 g/mol. The van der Waals surface area contributed by atoms with Gasteiger partial charge in [-0.3, -0.25) is 9.59 Å². The summed E-state index contributed by atoms with van der Waals surface area (Å²) in [5.74, 6) is -0.309. The van der Waals surface area contributed by atoms with E-state index in [1.807, 2.05) is 12.1 Å². The number of amides is 2. The number of nitrogens with zero attached hydrogens (tertiary/aromatic N) is 1. The van der Waals surface area contributed by atoms with Crippen molar-refractivity contribution in [3.05, 3.63) is 35.4 Å². The van der Waals surface area contributed by atoms with E-state index in [9.17, 15) is 9.59 Å². The van der Waals surface area contributed by atoms with Crippen molar-refractivity contribution in [3.8, 4) is 0 Å². The number of aryl methyl sites for hydroxylation is 1. The third-order valence-electron chi connectivity index (χ3n) is 3.84. The minimum absolute atomic E-state index is 0.0489. The molecule has 0 radical (unpaired) electrons. The number of hydrogen-bond acceptors (Lipinski definition) is 3. The molecule has 2 aliphatic rings. The van der Waals surface area contributed by atoms with E-state index in [2.05, 4.69) is 28.0 Å². The highest BCUT2D eigenvalue weighted by atomic mass is 16.2. The van der Waals surface area contributed by atoms with Crippen LogP contribution in [0.25, 0.3) is 0 Å². The fourth-order valence-electron chi connectivity index (χ4n) is 2.78. The summed E-state index contributed by atoms with van der Waals surface area (Å²) in [7, 11) is 0. The molecular formula is C15H17N3O2. The highest BCUT2D eigenvalue weighted by Gasteiger charge is 2.24. The average molecular weight is 271 g/mol. The van der Waals surface area contributed by atoms with Crippen molar-refractivity contribution in [2.45, 2.75) is 38.1 Å². The van der Waals surface area contributed by atoms with Crippen molar-refractivity contribution in [3.63, 3.8) is 0 Å². The molecule has 2 N–H and O–H groups in total. The van der Waals surface area contributed by atoms with Crippen LogP contribution in [-0.2, 0) is 16.0 Å². The Labute approximate surface area is 117 Å². The van der Waals surface area contributed by atoms with Gasteiger partial charge in [0, 0.05) is 12.8 Å². The molecular weight excluding hydrogens is 254 g/mol. The van der Waals surface area contributed by atoms with Gasteiger partial charge in [0.05, 0.1) is 6.04 Å². The predicted octanol–water partition coefficient (Wildman–Crippen LogP) is 1.45. The van der Waals surface area contributed by atoms with E-state index in [-0.39, 0.29) is 17.9 Å². The SMILES string of the molecule is O=C1CCC(C(=O)N[C@@H]2CCCc3ccccc32)=NN1. The van der Waals surface area contributed by atoms with Gasteiger partial charge in [0.25, 0.3) is 5.91 Å².